The molecule has 12 heteroatoms. The Bertz CT molecular complexity index is 1040. The minimum absolute atomic E-state index is 0.0862. The number of fused-ring (bicyclic) bond motifs is 1. The Morgan fingerprint density at radius 1 is 0.943 bits per heavy atom. The predicted octanol–water partition coefficient (Wildman–Crippen LogP) is 0.482. The molecular weight excluding hydrogens is 490 g/mol. The van der Waals surface area contributed by atoms with E-state index in [0.717, 1.165) is 16.5 Å². The largest absolute Gasteiger partial charge is 0.480 e. The molecule has 0 aliphatic rings. The van der Waals surface area contributed by atoms with E-state index in [9.17, 15) is 19.2 Å². The molecule has 192 valence electrons. The standard InChI is InChI=1S/C23H33N5O5S2/c1-12(2)7-15(24)20(29)26-17(8-13-9-25-16-6-4-3-5-14(13)16)21(30)27-18(10-34)22(31)28-19(11-35)23(32)33/h3-6,9,12,15,17-19,25,34-35H,7-8,10-11,24H2,1-2H3,(H,26,29)(H,27,30)(H,28,31)(H,32,33). The van der Waals surface area contributed by atoms with Gasteiger partial charge in [-0.2, -0.15) is 25.3 Å². The second-order valence-corrected chi connectivity index (χ2v) is 9.42. The monoisotopic (exact) mass is 523 g/mol. The number of H-pyrrole nitrogens is 1. The van der Waals surface area contributed by atoms with Crippen molar-refractivity contribution in [1.82, 2.24) is 20.9 Å². The van der Waals surface area contributed by atoms with Crippen LogP contribution in [-0.2, 0) is 25.6 Å². The van der Waals surface area contributed by atoms with E-state index in [4.69, 9.17) is 10.8 Å². The van der Waals surface area contributed by atoms with Gasteiger partial charge in [-0.3, -0.25) is 14.4 Å². The van der Waals surface area contributed by atoms with Crippen LogP contribution >= 0.6 is 25.3 Å². The molecule has 10 nitrogen and oxygen atoms in total. The highest BCUT2D eigenvalue weighted by atomic mass is 32.1. The molecule has 7 N–H and O–H groups in total. The van der Waals surface area contributed by atoms with Crippen molar-refractivity contribution in [2.45, 2.75) is 50.9 Å². The molecule has 1 aromatic carbocycles. The number of carbonyl (C=O) groups excluding carboxylic acids is 3. The number of para-hydroxylation sites is 1. The van der Waals surface area contributed by atoms with Gasteiger partial charge in [0.2, 0.25) is 17.7 Å². The molecule has 1 aromatic heterocycles. The van der Waals surface area contributed by atoms with E-state index in [1.807, 2.05) is 38.1 Å². The summed E-state index contributed by atoms with van der Waals surface area (Å²) in [4.78, 5) is 52.9. The number of rotatable bonds is 13. The van der Waals surface area contributed by atoms with E-state index in [1.54, 1.807) is 6.20 Å². The molecule has 3 amide bonds. The van der Waals surface area contributed by atoms with Crippen LogP contribution in [0, 0.1) is 5.92 Å². The fourth-order valence-electron chi connectivity index (χ4n) is 3.55. The van der Waals surface area contributed by atoms with Crippen molar-refractivity contribution in [1.29, 1.82) is 0 Å². The lowest BCUT2D eigenvalue weighted by Gasteiger charge is -2.24. The van der Waals surface area contributed by atoms with Crippen molar-refractivity contribution in [2.24, 2.45) is 11.7 Å². The number of benzene rings is 1. The maximum Gasteiger partial charge on any atom is 0.327 e. The van der Waals surface area contributed by atoms with Gasteiger partial charge in [0.05, 0.1) is 6.04 Å². The molecule has 2 aromatic rings. The van der Waals surface area contributed by atoms with Crippen molar-refractivity contribution in [3.63, 3.8) is 0 Å². The van der Waals surface area contributed by atoms with Gasteiger partial charge in [-0.1, -0.05) is 32.0 Å². The van der Waals surface area contributed by atoms with Crippen LogP contribution < -0.4 is 21.7 Å². The molecular formula is C23H33N5O5S2. The van der Waals surface area contributed by atoms with Gasteiger partial charge in [0.1, 0.15) is 18.1 Å². The quantitative estimate of drug-likeness (QED) is 0.178. The molecule has 0 aliphatic heterocycles. The molecule has 4 unspecified atom stereocenters. The number of aromatic amines is 1. The second kappa shape index (κ2) is 13.4. The van der Waals surface area contributed by atoms with Crippen molar-refractivity contribution in [3.05, 3.63) is 36.0 Å². The summed E-state index contributed by atoms with van der Waals surface area (Å²) in [6.45, 7) is 3.88. The number of carboxylic acid groups (broad SMARTS) is 1. The molecule has 0 aliphatic carbocycles. The molecule has 0 saturated carbocycles. The van der Waals surface area contributed by atoms with Gasteiger partial charge in [-0.05, 0) is 24.0 Å². The summed E-state index contributed by atoms with van der Waals surface area (Å²) < 4.78 is 0. The number of nitrogens with one attached hydrogen (secondary N) is 4. The van der Waals surface area contributed by atoms with Crippen LogP contribution in [0.1, 0.15) is 25.8 Å². The third-order valence-corrected chi connectivity index (χ3v) is 6.14. The van der Waals surface area contributed by atoms with Crippen LogP contribution in [0.15, 0.2) is 30.5 Å². The van der Waals surface area contributed by atoms with Crippen molar-refractivity contribution < 1.29 is 24.3 Å². The zero-order chi connectivity index (χ0) is 26.1. The van der Waals surface area contributed by atoms with Crippen molar-refractivity contribution in [2.75, 3.05) is 11.5 Å². The van der Waals surface area contributed by atoms with Gasteiger partial charge in [0.25, 0.3) is 0 Å². The van der Waals surface area contributed by atoms with Gasteiger partial charge in [0.15, 0.2) is 0 Å². The fourth-order valence-corrected chi connectivity index (χ4v) is 4.05. The highest BCUT2D eigenvalue weighted by Gasteiger charge is 2.30. The molecule has 2 rings (SSSR count). The van der Waals surface area contributed by atoms with E-state index in [-0.39, 0.29) is 23.8 Å². The zero-order valence-electron chi connectivity index (χ0n) is 19.7. The summed E-state index contributed by atoms with van der Waals surface area (Å²) in [5.74, 6) is -3.09. The fraction of sp³-hybridized carbons (Fsp3) is 0.478. The lowest BCUT2D eigenvalue weighted by Crippen LogP contribution is -2.58. The number of hydrogen-bond donors (Lipinski definition) is 8. The minimum atomic E-state index is -1.25. The summed E-state index contributed by atoms with van der Waals surface area (Å²) in [6.07, 6.45) is 2.35. The average molecular weight is 524 g/mol. The average Bonchev–Trinajstić information content (AvgIpc) is 3.22. The van der Waals surface area contributed by atoms with E-state index < -0.39 is 47.9 Å². The summed E-state index contributed by atoms with van der Waals surface area (Å²) in [7, 11) is 0. The van der Waals surface area contributed by atoms with Gasteiger partial charge in [0, 0.05) is 35.0 Å². The van der Waals surface area contributed by atoms with Gasteiger partial charge >= 0.3 is 5.97 Å². The Morgan fingerprint density at radius 2 is 1.51 bits per heavy atom. The predicted molar refractivity (Wildman–Crippen MR) is 141 cm³/mol. The Balaban J connectivity index is 2.23. The first-order valence-electron chi connectivity index (χ1n) is 11.2. The third kappa shape index (κ3) is 8.18. The van der Waals surface area contributed by atoms with Crippen LogP contribution in [-0.4, -0.2) is 69.5 Å². The van der Waals surface area contributed by atoms with Crippen LogP contribution in [0.3, 0.4) is 0 Å². The van der Waals surface area contributed by atoms with E-state index in [1.165, 1.54) is 0 Å². The lowest BCUT2D eigenvalue weighted by atomic mass is 10.0. The van der Waals surface area contributed by atoms with E-state index in [0.29, 0.717) is 6.42 Å². The topological polar surface area (TPSA) is 166 Å². The van der Waals surface area contributed by atoms with Crippen LogP contribution in [0.5, 0.6) is 0 Å². The Hall–Kier alpha value is -2.70. The first-order valence-corrected chi connectivity index (χ1v) is 12.5. The number of aromatic nitrogens is 1. The number of carboxylic acids is 1. The highest BCUT2D eigenvalue weighted by molar-refractivity contribution is 7.80. The first-order chi connectivity index (χ1) is 16.6. The van der Waals surface area contributed by atoms with Crippen LogP contribution in [0.25, 0.3) is 10.9 Å². The van der Waals surface area contributed by atoms with Crippen LogP contribution in [0.2, 0.25) is 0 Å². The zero-order valence-corrected chi connectivity index (χ0v) is 21.4. The highest BCUT2D eigenvalue weighted by Crippen LogP contribution is 2.19. The molecule has 0 saturated heterocycles. The Morgan fingerprint density at radius 3 is 2.11 bits per heavy atom. The number of hydrogen-bond acceptors (Lipinski definition) is 7. The first kappa shape index (κ1) is 28.5. The normalized spacial score (nSPS) is 14.7. The van der Waals surface area contributed by atoms with Crippen molar-refractivity contribution >= 4 is 59.9 Å². The number of aliphatic carboxylic acids is 1. The van der Waals surface area contributed by atoms with Crippen molar-refractivity contribution in [3.8, 4) is 0 Å². The van der Waals surface area contributed by atoms with E-state index >= 15 is 0 Å². The molecule has 0 fully saturated rings. The number of carbonyl (C=O) groups is 4. The number of amides is 3. The summed E-state index contributed by atoms with van der Waals surface area (Å²) in [5, 5.41) is 17.7. The summed E-state index contributed by atoms with van der Waals surface area (Å²) in [5.41, 5.74) is 7.69. The van der Waals surface area contributed by atoms with Gasteiger partial charge < -0.3 is 31.8 Å². The lowest BCUT2D eigenvalue weighted by molar-refractivity contribution is -0.141. The molecule has 35 heavy (non-hydrogen) atoms. The molecule has 0 radical (unpaired) electrons. The molecule has 0 bridgehead atoms. The van der Waals surface area contributed by atoms with Gasteiger partial charge in [-0.25, -0.2) is 4.79 Å². The third-order valence-electron chi connectivity index (χ3n) is 5.41. The summed E-state index contributed by atoms with van der Waals surface area (Å²) >= 11 is 8.05. The SMILES string of the molecule is CC(C)CC(N)C(=O)NC(Cc1c[nH]c2ccccc12)C(=O)NC(CS)C(=O)NC(CS)C(=O)O. The second-order valence-electron chi connectivity index (χ2n) is 8.69. The Kier molecular flexibility index (Phi) is 10.9. The maximum absolute atomic E-state index is 13.2. The number of thiol groups is 2. The molecule has 4 atom stereocenters. The van der Waals surface area contributed by atoms with Gasteiger partial charge in [-0.15, -0.1) is 0 Å². The molecule has 0 spiro atoms. The van der Waals surface area contributed by atoms with Crippen LogP contribution in [0.4, 0.5) is 0 Å². The van der Waals surface area contributed by atoms with E-state index in [2.05, 4.69) is 46.2 Å². The summed E-state index contributed by atoms with van der Waals surface area (Å²) in [6, 6.07) is 3.36. The minimum Gasteiger partial charge on any atom is -0.480 e. The number of nitrogens with two attached hydrogens (primary N) is 1. The Labute approximate surface area is 215 Å². The molecule has 1 heterocycles. The smallest absolute Gasteiger partial charge is 0.327 e. The maximum atomic E-state index is 13.2.